The van der Waals surface area contributed by atoms with Gasteiger partial charge in [0, 0.05) is 37.2 Å². The number of rotatable bonds is 8. The second-order valence-corrected chi connectivity index (χ2v) is 7.54. The zero-order valence-electron chi connectivity index (χ0n) is 14.0. The Morgan fingerprint density at radius 2 is 1.57 bits per heavy atom. The molecule has 2 aromatic rings. The number of nitrogens with zero attached hydrogens (tertiary/aromatic N) is 2. The van der Waals surface area contributed by atoms with Crippen LogP contribution >= 0.6 is 11.6 Å². The number of carbonyl (C=O) groups excluding carboxylic acids is 1. The maximum Gasteiger partial charge on any atom is 0.271 e. The number of benzene rings is 2. The summed E-state index contributed by atoms with van der Waals surface area (Å²) in [6, 6.07) is 7.76. The zero-order valence-corrected chi connectivity index (χ0v) is 15.6. The second kappa shape index (κ2) is 8.73. The van der Waals surface area contributed by atoms with Crippen molar-refractivity contribution in [2.75, 3.05) is 11.9 Å². The van der Waals surface area contributed by atoms with Gasteiger partial charge in [0.15, 0.2) is 0 Å². The van der Waals surface area contributed by atoms with E-state index in [9.17, 15) is 33.4 Å². The lowest BCUT2D eigenvalue weighted by Gasteiger charge is -2.09. The van der Waals surface area contributed by atoms with Gasteiger partial charge in [0.1, 0.15) is 0 Å². The minimum atomic E-state index is -3.97. The molecule has 0 heterocycles. The van der Waals surface area contributed by atoms with Gasteiger partial charge in [-0.25, -0.2) is 13.1 Å². The number of hydrogen-bond acceptors (Lipinski definition) is 7. The lowest BCUT2D eigenvalue weighted by molar-refractivity contribution is -0.385. The van der Waals surface area contributed by atoms with Crippen molar-refractivity contribution in [2.24, 2.45) is 0 Å². The van der Waals surface area contributed by atoms with E-state index in [0.717, 1.165) is 30.3 Å². The Morgan fingerprint density at radius 3 is 2.14 bits per heavy atom. The van der Waals surface area contributed by atoms with Gasteiger partial charge in [-0.15, -0.1) is 0 Å². The molecule has 0 saturated heterocycles. The molecule has 0 fully saturated rings. The quantitative estimate of drug-likeness (QED) is 0.481. The van der Waals surface area contributed by atoms with Crippen molar-refractivity contribution in [3.8, 4) is 0 Å². The molecule has 0 aliphatic carbocycles. The van der Waals surface area contributed by atoms with Crippen molar-refractivity contribution in [1.82, 2.24) is 4.72 Å². The van der Waals surface area contributed by atoms with Crippen LogP contribution in [0.3, 0.4) is 0 Å². The molecule has 148 valence electrons. The Morgan fingerprint density at radius 1 is 1.00 bits per heavy atom. The molecule has 2 aromatic carbocycles. The van der Waals surface area contributed by atoms with Crippen molar-refractivity contribution < 1.29 is 23.1 Å². The molecule has 0 radical (unpaired) electrons. The number of nitro groups is 2. The van der Waals surface area contributed by atoms with Gasteiger partial charge in [-0.2, -0.15) is 0 Å². The molecule has 0 bridgehead atoms. The molecular formula is C15H13ClN4O7S. The highest BCUT2D eigenvalue weighted by molar-refractivity contribution is 7.89. The fourth-order valence-corrected chi connectivity index (χ4v) is 3.26. The predicted molar refractivity (Wildman–Crippen MR) is 99.6 cm³/mol. The number of anilines is 1. The number of carbonyl (C=O) groups is 1. The summed E-state index contributed by atoms with van der Waals surface area (Å²) < 4.78 is 26.4. The first-order valence-electron chi connectivity index (χ1n) is 7.58. The number of non-ortho nitro benzene ring substituents is 2. The molecule has 11 nitrogen and oxygen atoms in total. The average molecular weight is 429 g/mol. The largest absolute Gasteiger partial charge is 0.325 e. The number of halogens is 1. The standard InChI is InChI=1S/C15H13ClN4O7S/c16-13-6-3-11(20(24)25)9-14(13)18-15(21)7-8-17-28(26,27)12-4-1-10(2-5-12)19(22)23/h1-6,9,17H,7-8H2,(H,18,21). The molecule has 28 heavy (non-hydrogen) atoms. The number of nitro benzene ring substituents is 2. The molecule has 0 atom stereocenters. The Balaban J connectivity index is 1.95. The summed E-state index contributed by atoms with van der Waals surface area (Å²) >= 11 is 5.87. The second-order valence-electron chi connectivity index (χ2n) is 5.37. The fourth-order valence-electron chi connectivity index (χ4n) is 2.06. The van der Waals surface area contributed by atoms with Crippen LogP contribution in [0.1, 0.15) is 6.42 Å². The molecular weight excluding hydrogens is 416 g/mol. The van der Waals surface area contributed by atoms with E-state index in [4.69, 9.17) is 11.6 Å². The van der Waals surface area contributed by atoms with Crippen LogP contribution in [0.15, 0.2) is 47.4 Å². The number of hydrogen-bond donors (Lipinski definition) is 2. The maximum absolute atomic E-state index is 12.1. The van der Waals surface area contributed by atoms with E-state index in [1.807, 2.05) is 0 Å². The van der Waals surface area contributed by atoms with Crippen molar-refractivity contribution in [1.29, 1.82) is 0 Å². The van der Waals surface area contributed by atoms with E-state index < -0.39 is 25.8 Å². The number of sulfonamides is 1. The molecule has 0 saturated carbocycles. The highest BCUT2D eigenvalue weighted by Gasteiger charge is 2.17. The van der Waals surface area contributed by atoms with Gasteiger partial charge in [-0.05, 0) is 18.2 Å². The van der Waals surface area contributed by atoms with Crippen molar-refractivity contribution >= 4 is 44.6 Å². The fraction of sp³-hybridized carbons (Fsp3) is 0.133. The summed E-state index contributed by atoms with van der Waals surface area (Å²) in [5, 5.41) is 23.8. The van der Waals surface area contributed by atoms with Crippen LogP contribution in [0, 0.1) is 20.2 Å². The molecule has 0 aliphatic rings. The third-order valence-corrected chi connectivity index (χ3v) is 5.24. The summed E-state index contributed by atoms with van der Waals surface area (Å²) in [5.74, 6) is -0.617. The van der Waals surface area contributed by atoms with Crippen LogP contribution < -0.4 is 10.0 Å². The molecule has 1 amide bonds. The van der Waals surface area contributed by atoms with Crippen LogP contribution in [-0.2, 0) is 14.8 Å². The molecule has 0 aromatic heterocycles. The van der Waals surface area contributed by atoms with Crippen LogP contribution in [0.4, 0.5) is 17.1 Å². The summed E-state index contributed by atoms with van der Waals surface area (Å²) in [7, 11) is -3.97. The van der Waals surface area contributed by atoms with E-state index in [2.05, 4.69) is 10.0 Å². The lowest BCUT2D eigenvalue weighted by atomic mass is 10.2. The Kier molecular flexibility index (Phi) is 6.62. The Labute approximate surface area is 163 Å². The first kappa shape index (κ1) is 21.2. The molecule has 2 rings (SSSR count). The topological polar surface area (TPSA) is 162 Å². The molecule has 2 N–H and O–H groups in total. The molecule has 0 spiro atoms. The average Bonchev–Trinajstić information content (AvgIpc) is 2.63. The van der Waals surface area contributed by atoms with E-state index >= 15 is 0 Å². The predicted octanol–water partition coefficient (Wildman–Crippen LogP) is 2.46. The van der Waals surface area contributed by atoms with Crippen LogP contribution in [0.5, 0.6) is 0 Å². The lowest BCUT2D eigenvalue weighted by Crippen LogP contribution is -2.27. The smallest absolute Gasteiger partial charge is 0.271 e. The van der Waals surface area contributed by atoms with Crippen molar-refractivity contribution in [3.05, 3.63) is 67.7 Å². The molecule has 13 heteroatoms. The first-order valence-corrected chi connectivity index (χ1v) is 9.44. The van der Waals surface area contributed by atoms with Gasteiger partial charge in [-0.3, -0.25) is 25.0 Å². The van der Waals surface area contributed by atoms with E-state index in [1.54, 1.807) is 0 Å². The SMILES string of the molecule is O=C(CCNS(=O)(=O)c1ccc([N+](=O)[O-])cc1)Nc1cc([N+](=O)[O-])ccc1Cl. The van der Waals surface area contributed by atoms with Gasteiger partial charge in [-0.1, -0.05) is 11.6 Å². The van der Waals surface area contributed by atoms with Crippen molar-refractivity contribution in [2.45, 2.75) is 11.3 Å². The maximum atomic E-state index is 12.1. The molecule has 0 unspecified atom stereocenters. The minimum absolute atomic E-state index is 0.0269. The van der Waals surface area contributed by atoms with E-state index in [-0.39, 0.29) is 39.9 Å². The third-order valence-electron chi connectivity index (χ3n) is 3.44. The van der Waals surface area contributed by atoms with Gasteiger partial charge in [0.2, 0.25) is 15.9 Å². The summed E-state index contributed by atoms with van der Waals surface area (Å²) in [6.45, 7) is -0.266. The van der Waals surface area contributed by atoms with E-state index in [0.29, 0.717) is 0 Å². The Hall–Kier alpha value is -3.09. The van der Waals surface area contributed by atoms with E-state index in [1.165, 1.54) is 12.1 Å². The normalized spacial score (nSPS) is 11.0. The monoisotopic (exact) mass is 428 g/mol. The van der Waals surface area contributed by atoms with Crippen LogP contribution in [0.25, 0.3) is 0 Å². The molecule has 0 aliphatic heterocycles. The minimum Gasteiger partial charge on any atom is -0.325 e. The Bertz CT molecular complexity index is 1030. The van der Waals surface area contributed by atoms with Crippen LogP contribution in [-0.4, -0.2) is 30.7 Å². The van der Waals surface area contributed by atoms with Crippen LogP contribution in [0.2, 0.25) is 5.02 Å². The number of nitrogens with one attached hydrogen (secondary N) is 2. The van der Waals surface area contributed by atoms with Gasteiger partial charge >= 0.3 is 0 Å². The highest BCUT2D eigenvalue weighted by atomic mass is 35.5. The number of amides is 1. The first-order chi connectivity index (χ1) is 13.1. The third kappa shape index (κ3) is 5.45. The zero-order chi connectivity index (χ0) is 20.9. The summed E-state index contributed by atoms with van der Waals surface area (Å²) in [4.78, 5) is 31.8. The van der Waals surface area contributed by atoms with Gasteiger partial charge in [0.05, 0.1) is 25.5 Å². The van der Waals surface area contributed by atoms with Crippen molar-refractivity contribution in [3.63, 3.8) is 0 Å². The summed E-state index contributed by atoms with van der Waals surface area (Å²) in [5.41, 5.74) is -0.496. The van der Waals surface area contributed by atoms with Gasteiger partial charge < -0.3 is 5.32 Å². The highest BCUT2D eigenvalue weighted by Crippen LogP contribution is 2.26. The van der Waals surface area contributed by atoms with Gasteiger partial charge in [0.25, 0.3) is 11.4 Å². The summed E-state index contributed by atoms with van der Waals surface area (Å²) in [6.07, 6.45) is -0.273.